The van der Waals surface area contributed by atoms with Crippen molar-refractivity contribution >= 4 is 5.91 Å². The fourth-order valence-corrected chi connectivity index (χ4v) is 4.92. The molecule has 26 heavy (non-hydrogen) atoms. The zero-order valence-electron chi connectivity index (χ0n) is 15.7. The van der Waals surface area contributed by atoms with E-state index in [0.29, 0.717) is 17.9 Å². The quantitative estimate of drug-likeness (QED) is 0.867. The second-order valence-corrected chi connectivity index (χ2v) is 8.31. The topological polar surface area (TPSA) is 53.6 Å². The van der Waals surface area contributed by atoms with Gasteiger partial charge >= 0.3 is 0 Å². The van der Waals surface area contributed by atoms with E-state index in [4.69, 9.17) is 4.74 Å². The Kier molecular flexibility index (Phi) is 5.30. The van der Waals surface area contributed by atoms with Crippen LogP contribution in [0.3, 0.4) is 0 Å². The minimum Gasteiger partial charge on any atom is -0.365 e. The van der Waals surface area contributed by atoms with Crippen molar-refractivity contribution in [3.05, 3.63) is 35.9 Å². The van der Waals surface area contributed by atoms with Gasteiger partial charge < -0.3 is 9.64 Å². The predicted octanol–water partition coefficient (Wildman–Crippen LogP) is 2.13. The minimum absolute atomic E-state index is 0.201. The number of carbonyl (C=O) groups is 1. The number of amides is 1. The molecule has 0 aromatic heterocycles. The van der Waals surface area contributed by atoms with E-state index in [-0.39, 0.29) is 5.91 Å². The third-order valence-corrected chi connectivity index (χ3v) is 6.49. The van der Waals surface area contributed by atoms with Crippen molar-refractivity contribution in [2.24, 2.45) is 11.8 Å². The Hall–Kier alpha value is -1.43. The Balaban J connectivity index is 1.33. The zero-order chi connectivity index (χ0) is 18.0. The third-order valence-electron chi connectivity index (χ3n) is 6.49. The van der Waals surface area contributed by atoms with Gasteiger partial charge in [-0.15, -0.1) is 0 Å². The first-order valence-electron chi connectivity index (χ1n) is 10.1. The van der Waals surface area contributed by atoms with Gasteiger partial charge in [-0.2, -0.15) is 0 Å². The van der Waals surface area contributed by atoms with Crippen LogP contribution >= 0.6 is 0 Å². The molecule has 3 fully saturated rings. The molecular weight excluding hydrogens is 326 g/mol. The van der Waals surface area contributed by atoms with Crippen LogP contribution in [-0.4, -0.2) is 48.7 Å². The van der Waals surface area contributed by atoms with E-state index in [1.54, 1.807) is 0 Å². The van der Waals surface area contributed by atoms with Crippen LogP contribution in [0, 0.1) is 11.8 Å². The zero-order valence-corrected chi connectivity index (χ0v) is 15.7. The molecule has 0 bridgehead atoms. The van der Waals surface area contributed by atoms with Crippen molar-refractivity contribution in [3.63, 3.8) is 0 Å². The summed E-state index contributed by atoms with van der Waals surface area (Å²) < 4.78 is 5.75. The maximum atomic E-state index is 12.8. The molecule has 142 valence electrons. The number of benzene rings is 1. The second kappa shape index (κ2) is 7.67. The van der Waals surface area contributed by atoms with Gasteiger partial charge in [-0.05, 0) is 56.4 Å². The van der Waals surface area contributed by atoms with Crippen LogP contribution in [0.1, 0.15) is 38.2 Å². The lowest BCUT2D eigenvalue weighted by Gasteiger charge is -2.39. The van der Waals surface area contributed by atoms with E-state index in [0.717, 1.165) is 58.3 Å². The minimum atomic E-state index is -0.574. The van der Waals surface area contributed by atoms with Gasteiger partial charge in [-0.25, -0.2) is 0 Å². The molecule has 5 nitrogen and oxygen atoms in total. The molecule has 0 radical (unpaired) electrons. The van der Waals surface area contributed by atoms with Crippen molar-refractivity contribution < 1.29 is 9.53 Å². The Labute approximate surface area is 156 Å². The fourth-order valence-electron chi connectivity index (χ4n) is 4.92. The fraction of sp³-hybridized carbons (Fsp3) is 0.667. The van der Waals surface area contributed by atoms with Crippen molar-refractivity contribution in [2.75, 3.05) is 26.2 Å². The Morgan fingerprint density at radius 1 is 1.27 bits per heavy atom. The van der Waals surface area contributed by atoms with E-state index in [1.807, 2.05) is 11.8 Å². The molecule has 4 rings (SSSR count). The lowest BCUT2D eigenvalue weighted by Crippen LogP contribution is -2.52. The van der Waals surface area contributed by atoms with Crippen LogP contribution in [0.5, 0.6) is 0 Å². The molecule has 2 N–H and O–H groups in total. The predicted molar refractivity (Wildman–Crippen MR) is 101 cm³/mol. The van der Waals surface area contributed by atoms with Crippen molar-refractivity contribution in [3.8, 4) is 0 Å². The van der Waals surface area contributed by atoms with Gasteiger partial charge in [-0.3, -0.25) is 15.6 Å². The summed E-state index contributed by atoms with van der Waals surface area (Å²) in [4.78, 5) is 14.9. The van der Waals surface area contributed by atoms with Crippen LogP contribution in [0.25, 0.3) is 0 Å². The number of nitrogens with one attached hydrogen (secondary N) is 2. The summed E-state index contributed by atoms with van der Waals surface area (Å²) >= 11 is 0. The second-order valence-electron chi connectivity index (χ2n) is 8.31. The highest BCUT2D eigenvalue weighted by Crippen LogP contribution is 2.32. The summed E-state index contributed by atoms with van der Waals surface area (Å²) in [6.07, 6.45) is 5.12. The first-order chi connectivity index (χ1) is 12.7. The molecule has 0 aliphatic carbocycles. The Bertz CT molecular complexity index is 607. The molecule has 1 aromatic rings. The summed E-state index contributed by atoms with van der Waals surface area (Å²) in [5.41, 5.74) is 7.73. The van der Waals surface area contributed by atoms with Gasteiger partial charge in [0.2, 0.25) is 0 Å². The normalized spacial score (nSPS) is 32.9. The largest absolute Gasteiger partial charge is 0.365 e. The first kappa shape index (κ1) is 18.0. The van der Waals surface area contributed by atoms with Gasteiger partial charge in [0.1, 0.15) is 5.60 Å². The van der Waals surface area contributed by atoms with E-state index >= 15 is 0 Å². The number of likely N-dealkylation sites (tertiary alicyclic amines) is 1. The van der Waals surface area contributed by atoms with Crippen LogP contribution in [0.15, 0.2) is 30.3 Å². The van der Waals surface area contributed by atoms with E-state index in [1.165, 1.54) is 5.56 Å². The van der Waals surface area contributed by atoms with Crippen LogP contribution in [0.2, 0.25) is 0 Å². The summed E-state index contributed by atoms with van der Waals surface area (Å²) in [6.45, 7) is 5.42. The molecule has 3 unspecified atom stereocenters. The van der Waals surface area contributed by atoms with E-state index in [9.17, 15) is 4.79 Å². The number of rotatable bonds is 4. The molecule has 3 heterocycles. The van der Waals surface area contributed by atoms with Crippen molar-refractivity contribution in [2.45, 2.75) is 50.7 Å². The van der Waals surface area contributed by atoms with Gasteiger partial charge in [-0.1, -0.05) is 30.3 Å². The molecular formula is C21H31N3O2. The van der Waals surface area contributed by atoms with Crippen LogP contribution < -0.4 is 10.9 Å². The number of nitrogens with zero attached hydrogens (tertiary/aromatic N) is 1. The summed E-state index contributed by atoms with van der Waals surface area (Å²) in [5.74, 6) is 1.44. The average Bonchev–Trinajstić information content (AvgIpc) is 3.32. The summed E-state index contributed by atoms with van der Waals surface area (Å²) in [5, 5.41) is 0. The summed E-state index contributed by atoms with van der Waals surface area (Å²) in [6, 6.07) is 11.3. The van der Waals surface area contributed by atoms with Crippen LogP contribution in [-0.2, 0) is 16.0 Å². The molecule has 3 atom stereocenters. The number of hydrogen-bond donors (Lipinski definition) is 2. The molecule has 3 aliphatic heterocycles. The van der Waals surface area contributed by atoms with Gasteiger partial charge in [0.15, 0.2) is 0 Å². The third kappa shape index (κ3) is 3.66. The van der Waals surface area contributed by atoms with Crippen molar-refractivity contribution in [1.29, 1.82) is 0 Å². The highest BCUT2D eigenvalue weighted by atomic mass is 16.5. The van der Waals surface area contributed by atoms with Crippen LogP contribution in [0.4, 0.5) is 0 Å². The molecule has 0 saturated carbocycles. The molecule has 0 spiro atoms. The van der Waals surface area contributed by atoms with Gasteiger partial charge in [0.05, 0.1) is 0 Å². The molecule has 1 amide bonds. The lowest BCUT2D eigenvalue weighted by atomic mass is 9.80. The maximum Gasteiger partial charge on any atom is 0.254 e. The Morgan fingerprint density at radius 2 is 2.04 bits per heavy atom. The molecule has 3 aliphatic rings. The smallest absolute Gasteiger partial charge is 0.254 e. The highest BCUT2D eigenvalue weighted by molar-refractivity contribution is 5.85. The number of hydrazine groups is 1. The van der Waals surface area contributed by atoms with E-state index in [2.05, 4.69) is 41.2 Å². The summed E-state index contributed by atoms with van der Waals surface area (Å²) in [7, 11) is 0. The standard InChI is InChI=1S/C21H31N3O2/c1-21(10-5-13-26-21)20(25)24-11-8-17(9-12-24)19-18(15-22-23-19)14-16-6-3-2-4-7-16/h2-4,6-7,17-19,22-23H,5,8-15H2,1H3. The first-order valence-corrected chi connectivity index (χ1v) is 10.1. The maximum absolute atomic E-state index is 12.8. The highest BCUT2D eigenvalue weighted by Gasteiger charge is 2.43. The number of ether oxygens (including phenoxy) is 1. The SMILES string of the molecule is CC1(C(=O)N2CCC(C3NNCC3Cc3ccccc3)CC2)CCCO1. The average molecular weight is 357 g/mol. The number of carbonyl (C=O) groups excluding carboxylic acids is 1. The lowest BCUT2D eigenvalue weighted by molar-refractivity contribution is -0.152. The Morgan fingerprint density at radius 3 is 2.73 bits per heavy atom. The molecule has 5 heteroatoms. The monoisotopic (exact) mass is 357 g/mol. The van der Waals surface area contributed by atoms with Crippen molar-refractivity contribution in [1.82, 2.24) is 15.8 Å². The molecule has 1 aromatic carbocycles. The van der Waals surface area contributed by atoms with Gasteiger partial charge in [0, 0.05) is 32.3 Å². The van der Waals surface area contributed by atoms with E-state index < -0.39 is 5.60 Å². The molecule has 3 saturated heterocycles. The number of hydrogen-bond acceptors (Lipinski definition) is 4. The number of piperidine rings is 1. The van der Waals surface area contributed by atoms with Gasteiger partial charge in [0.25, 0.3) is 5.91 Å².